The number of benzene rings is 2. The minimum absolute atomic E-state index is 0.0671. The molecule has 30 heavy (non-hydrogen) atoms. The van der Waals surface area contributed by atoms with Gasteiger partial charge in [0, 0.05) is 44.4 Å². The number of hydrogen-bond donors (Lipinski definition) is 1. The number of likely N-dealkylation sites (N-methyl/N-ethyl adjacent to an activating group) is 1. The van der Waals surface area contributed by atoms with E-state index in [-0.39, 0.29) is 11.8 Å². The summed E-state index contributed by atoms with van der Waals surface area (Å²) in [5, 5.41) is 3.67. The van der Waals surface area contributed by atoms with Crippen molar-refractivity contribution < 1.29 is 9.59 Å². The van der Waals surface area contributed by atoms with E-state index in [9.17, 15) is 9.59 Å². The Morgan fingerprint density at radius 3 is 2.53 bits per heavy atom. The van der Waals surface area contributed by atoms with E-state index in [4.69, 9.17) is 0 Å². The van der Waals surface area contributed by atoms with Gasteiger partial charge in [-0.1, -0.05) is 24.3 Å². The minimum Gasteiger partial charge on any atom is -0.348 e. The number of piperazine rings is 1. The molecule has 1 N–H and O–H groups in total. The number of fused-ring (bicyclic) bond motifs is 1. The second-order valence-corrected chi connectivity index (χ2v) is 8.43. The molecule has 0 bridgehead atoms. The standard InChI is InChI=1S/C23H24N4O2S/c1-26-12-14-27(15-13-26)23(29)18-8-6-17(7-9-18)16-24-21(28)10-11-22-25-19-4-2-3-5-20(19)30-22/h2-11H,12-16H2,1H3,(H,24,28)/b11-10+. The lowest BCUT2D eigenvalue weighted by atomic mass is 10.1. The quantitative estimate of drug-likeness (QED) is 0.645. The molecule has 7 heteroatoms. The molecular formula is C23H24N4O2S. The molecule has 2 heterocycles. The maximum Gasteiger partial charge on any atom is 0.253 e. The third-order valence-corrected chi connectivity index (χ3v) is 6.15. The van der Waals surface area contributed by atoms with Crippen molar-refractivity contribution in [2.75, 3.05) is 33.2 Å². The Morgan fingerprint density at radius 1 is 1.07 bits per heavy atom. The summed E-state index contributed by atoms with van der Waals surface area (Å²) in [5.41, 5.74) is 2.57. The molecule has 1 aromatic heterocycles. The first kappa shape index (κ1) is 20.3. The Hall–Kier alpha value is -3.03. The molecule has 0 spiro atoms. The van der Waals surface area contributed by atoms with E-state index in [1.807, 2.05) is 53.4 Å². The summed E-state index contributed by atoms with van der Waals surface area (Å²) < 4.78 is 1.10. The molecule has 1 fully saturated rings. The molecule has 0 aliphatic carbocycles. The number of carbonyl (C=O) groups is 2. The number of hydrogen-bond acceptors (Lipinski definition) is 5. The molecule has 1 aliphatic heterocycles. The van der Waals surface area contributed by atoms with Crippen molar-refractivity contribution >= 4 is 39.4 Å². The number of aromatic nitrogens is 1. The molecule has 0 unspecified atom stereocenters. The third kappa shape index (κ3) is 4.93. The molecule has 0 saturated carbocycles. The predicted octanol–water partition coefficient (Wildman–Crippen LogP) is 3.01. The lowest BCUT2D eigenvalue weighted by Gasteiger charge is -2.32. The van der Waals surface area contributed by atoms with E-state index in [2.05, 4.69) is 22.2 Å². The first-order chi connectivity index (χ1) is 14.6. The van der Waals surface area contributed by atoms with Gasteiger partial charge in [0.1, 0.15) is 5.01 Å². The van der Waals surface area contributed by atoms with Gasteiger partial charge in [0.2, 0.25) is 5.91 Å². The Labute approximate surface area is 179 Å². The Morgan fingerprint density at radius 2 is 1.80 bits per heavy atom. The highest BCUT2D eigenvalue weighted by Gasteiger charge is 2.20. The van der Waals surface area contributed by atoms with Gasteiger partial charge in [0.25, 0.3) is 5.91 Å². The Kier molecular flexibility index (Phi) is 6.21. The van der Waals surface area contributed by atoms with Crippen LogP contribution in [0, 0.1) is 0 Å². The zero-order valence-electron chi connectivity index (χ0n) is 16.9. The highest BCUT2D eigenvalue weighted by Crippen LogP contribution is 2.22. The van der Waals surface area contributed by atoms with Gasteiger partial charge in [-0.25, -0.2) is 4.98 Å². The van der Waals surface area contributed by atoms with Crippen LogP contribution in [0.2, 0.25) is 0 Å². The van der Waals surface area contributed by atoms with Gasteiger partial charge in [0.15, 0.2) is 0 Å². The van der Waals surface area contributed by atoms with Gasteiger partial charge in [0.05, 0.1) is 10.2 Å². The van der Waals surface area contributed by atoms with Crippen molar-refractivity contribution in [3.8, 4) is 0 Å². The molecule has 1 aliphatic rings. The minimum atomic E-state index is -0.174. The monoisotopic (exact) mass is 420 g/mol. The molecule has 2 amide bonds. The number of para-hydroxylation sites is 1. The second-order valence-electron chi connectivity index (χ2n) is 7.36. The van der Waals surface area contributed by atoms with E-state index in [1.165, 1.54) is 6.08 Å². The van der Waals surface area contributed by atoms with Crippen LogP contribution in [-0.2, 0) is 11.3 Å². The summed E-state index contributed by atoms with van der Waals surface area (Å²) in [6, 6.07) is 15.3. The van der Waals surface area contributed by atoms with E-state index >= 15 is 0 Å². The van der Waals surface area contributed by atoms with Crippen molar-refractivity contribution in [3.05, 3.63) is 70.7 Å². The van der Waals surface area contributed by atoms with E-state index < -0.39 is 0 Å². The van der Waals surface area contributed by atoms with Crippen LogP contribution in [0.25, 0.3) is 16.3 Å². The topological polar surface area (TPSA) is 65.5 Å². The van der Waals surface area contributed by atoms with Gasteiger partial charge < -0.3 is 15.1 Å². The fourth-order valence-corrected chi connectivity index (χ4v) is 4.18. The molecule has 154 valence electrons. The zero-order chi connectivity index (χ0) is 20.9. The number of carbonyl (C=O) groups excluding carboxylic acids is 2. The number of nitrogens with zero attached hydrogens (tertiary/aromatic N) is 3. The average Bonchev–Trinajstić information content (AvgIpc) is 3.20. The maximum atomic E-state index is 12.6. The highest BCUT2D eigenvalue weighted by molar-refractivity contribution is 7.19. The van der Waals surface area contributed by atoms with Crippen molar-refractivity contribution in [2.24, 2.45) is 0 Å². The van der Waals surface area contributed by atoms with Crippen molar-refractivity contribution in [1.29, 1.82) is 0 Å². The summed E-state index contributed by atoms with van der Waals surface area (Å²) in [7, 11) is 2.07. The summed E-state index contributed by atoms with van der Waals surface area (Å²) >= 11 is 1.55. The number of thiazole rings is 1. The van der Waals surface area contributed by atoms with Crippen molar-refractivity contribution in [1.82, 2.24) is 20.1 Å². The van der Waals surface area contributed by atoms with Gasteiger partial charge in [-0.05, 0) is 43.0 Å². The number of rotatable bonds is 5. The molecular weight excluding hydrogens is 396 g/mol. The van der Waals surface area contributed by atoms with E-state index in [0.29, 0.717) is 12.1 Å². The van der Waals surface area contributed by atoms with Crippen LogP contribution in [-0.4, -0.2) is 59.8 Å². The molecule has 3 aromatic rings. The van der Waals surface area contributed by atoms with Crippen LogP contribution < -0.4 is 5.32 Å². The van der Waals surface area contributed by atoms with E-state index in [1.54, 1.807) is 17.4 Å². The van der Waals surface area contributed by atoms with Crippen molar-refractivity contribution in [3.63, 3.8) is 0 Å². The fraction of sp³-hybridized carbons (Fsp3) is 0.261. The summed E-state index contributed by atoms with van der Waals surface area (Å²) in [4.78, 5) is 33.3. The maximum absolute atomic E-state index is 12.6. The molecule has 2 aromatic carbocycles. The summed E-state index contributed by atoms with van der Waals surface area (Å²) in [6.45, 7) is 3.73. The van der Waals surface area contributed by atoms with Crippen LogP contribution in [0.4, 0.5) is 0 Å². The van der Waals surface area contributed by atoms with Crippen LogP contribution in [0.5, 0.6) is 0 Å². The summed E-state index contributed by atoms with van der Waals surface area (Å²) in [5.74, 6) is -0.107. The first-order valence-corrected chi connectivity index (χ1v) is 10.8. The van der Waals surface area contributed by atoms with Crippen LogP contribution >= 0.6 is 11.3 Å². The largest absolute Gasteiger partial charge is 0.348 e. The zero-order valence-corrected chi connectivity index (χ0v) is 17.7. The fourth-order valence-electron chi connectivity index (χ4n) is 3.31. The van der Waals surface area contributed by atoms with Crippen LogP contribution in [0.15, 0.2) is 54.6 Å². The first-order valence-electron chi connectivity index (χ1n) is 9.97. The van der Waals surface area contributed by atoms with Crippen LogP contribution in [0.3, 0.4) is 0 Å². The SMILES string of the molecule is CN1CCN(C(=O)c2ccc(CNC(=O)/C=C/c3nc4ccccc4s3)cc2)CC1. The smallest absolute Gasteiger partial charge is 0.253 e. The van der Waals surface area contributed by atoms with Gasteiger partial charge in [-0.15, -0.1) is 11.3 Å². The lowest BCUT2D eigenvalue weighted by Crippen LogP contribution is -2.47. The second kappa shape index (κ2) is 9.19. The lowest BCUT2D eigenvalue weighted by molar-refractivity contribution is -0.116. The molecule has 0 radical (unpaired) electrons. The number of amides is 2. The predicted molar refractivity (Wildman–Crippen MR) is 120 cm³/mol. The summed E-state index contributed by atoms with van der Waals surface area (Å²) in [6.07, 6.45) is 3.24. The Bertz CT molecular complexity index is 1030. The van der Waals surface area contributed by atoms with Gasteiger partial charge in [-0.2, -0.15) is 0 Å². The average molecular weight is 421 g/mol. The normalized spacial score (nSPS) is 15.0. The molecule has 1 saturated heterocycles. The molecule has 0 atom stereocenters. The van der Waals surface area contributed by atoms with Gasteiger partial charge >= 0.3 is 0 Å². The Balaban J connectivity index is 1.29. The highest BCUT2D eigenvalue weighted by atomic mass is 32.1. The third-order valence-electron chi connectivity index (χ3n) is 5.15. The molecule has 6 nitrogen and oxygen atoms in total. The molecule has 4 rings (SSSR count). The number of nitrogens with one attached hydrogen (secondary N) is 1. The van der Waals surface area contributed by atoms with Crippen LogP contribution in [0.1, 0.15) is 20.9 Å². The van der Waals surface area contributed by atoms with Crippen molar-refractivity contribution in [2.45, 2.75) is 6.54 Å². The van der Waals surface area contributed by atoms with Gasteiger partial charge in [-0.3, -0.25) is 9.59 Å². The van der Waals surface area contributed by atoms with E-state index in [0.717, 1.165) is 47.0 Å².